The molecule has 1 heterocycles. The molecule has 0 bridgehead atoms. The molecule has 6 heteroatoms. The number of ether oxygens (including phenoxy) is 1. The number of hydrogen-bond donors (Lipinski definition) is 1. The monoisotopic (exact) mass is 372 g/mol. The molecular formula is C20H21ClN2O3. The summed E-state index contributed by atoms with van der Waals surface area (Å²) >= 11 is 6.15. The van der Waals surface area contributed by atoms with Crippen LogP contribution in [0.5, 0.6) is 5.75 Å². The number of amides is 2. The van der Waals surface area contributed by atoms with Gasteiger partial charge in [0.1, 0.15) is 5.75 Å². The summed E-state index contributed by atoms with van der Waals surface area (Å²) in [5, 5.41) is 3.49. The summed E-state index contributed by atoms with van der Waals surface area (Å²) in [7, 11) is 0. The number of hydrogen-bond acceptors (Lipinski definition) is 3. The normalized spacial score (nSPS) is 15.0. The minimum Gasteiger partial charge on any atom is -0.484 e. The smallest absolute Gasteiger partial charge is 0.258 e. The quantitative estimate of drug-likeness (QED) is 0.840. The Kier molecular flexibility index (Phi) is 5.78. The Morgan fingerprint density at radius 2 is 2.08 bits per heavy atom. The fraction of sp³-hybridized carbons (Fsp3) is 0.300. The zero-order valence-corrected chi connectivity index (χ0v) is 15.3. The van der Waals surface area contributed by atoms with E-state index >= 15 is 0 Å². The van der Waals surface area contributed by atoms with Gasteiger partial charge in [-0.15, -0.1) is 0 Å². The summed E-state index contributed by atoms with van der Waals surface area (Å²) in [4.78, 5) is 25.7. The van der Waals surface area contributed by atoms with Gasteiger partial charge in [-0.3, -0.25) is 9.59 Å². The molecule has 2 amide bonds. The molecule has 0 aromatic heterocycles. The van der Waals surface area contributed by atoms with Crippen LogP contribution in [0.1, 0.15) is 31.4 Å². The van der Waals surface area contributed by atoms with Crippen LogP contribution in [0.3, 0.4) is 0 Å². The second-order valence-electron chi connectivity index (χ2n) is 6.25. The molecule has 0 spiro atoms. The van der Waals surface area contributed by atoms with E-state index in [1.165, 1.54) is 0 Å². The van der Waals surface area contributed by atoms with Crippen LogP contribution in [-0.4, -0.2) is 25.0 Å². The number of carbonyl (C=O) groups is 2. The lowest BCUT2D eigenvalue weighted by molar-refractivity contribution is -0.123. The Balaban J connectivity index is 1.56. The van der Waals surface area contributed by atoms with Crippen molar-refractivity contribution < 1.29 is 14.3 Å². The minimum atomic E-state index is -0.236. The largest absolute Gasteiger partial charge is 0.484 e. The van der Waals surface area contributed by atoms with Crippen LogP contribution in [0, 0.1) is 0 Å². The lowest BCUT2D eigenvalue weighted by Gasteiger charge is -2.18. The number of benzene rings is 2. The van der Waals surface area contributed by atoms with Gasteiger partial charge in [-0.05, 0) is 37.1 Å². The minimum absolute atomic E-state index is 0.105. The molecule has 3 rings (SSSR count). The van der Waals surface area contributed by atoms with Crippen LogP contribution >= 0.6 is 11.6 Å². The third-order valence-electron chi connectivity index (χ3n) is 4.32. The lowest BCUT2D eigenvalue weighted by atomic mass is 10.1. The maximum absolute atomic E-state index is 12.2. The van der Waals surface area contributed by atoms with Gasteiger partial charge in [-0.25, -0.2) is 0 Å². The van der Waals surface area contributed by atoms with Crippen LogP contribution in [0.2, 0.25) is 5.02 Å². The molecule has 2 aromatic carbocycles. The van der Waals surface area contributed by atoms with Gasteiger partial charge in [0.25, 0.3) is 5.91 Å². The second kappa shape index (κ2) is 8.23. The molecule has 136 valence electrons. The van der Waals surface area contributed by atoms with E-state index in [0.29, 0.717) is 17.2 Å². The lowest BCUT2D eigenvalue weighted by Crippen LogP contribution is -2.31. The summed E-state index contributed by atoms with van der Waals surface area (Å²) in [5.74, 6) is 0.441. The van der Waals surface area contributed by atoms with Crippen molar-refractivity contribution >= 4 is 29.1 Å². The number of carbonyl (C=O) groups excluding carboxylic acids is 2. The van der Waals surface area contributed by atoms with Gasteiger partial charge in [0.15, 0.2) is 6.61 Å². The van der Waals surface area contributed by atoms with Crippen LogP contribution in [-0.2, 0) is 9.59 Å². The molecule has 26 heavy (non-hydrogen) atoms. The first-order chi connectivity index (χ1) is 12.5. The van der Waals surface area contributed by atoms with Gasteiger partial charge in [-0.2, -0.15) is 0 Å². The Morgan fingerprint density at radius 3 is 2.81 bits per heavy atom. The summed E-state index contributed by atoms with van der Waals surface area (Å²) in [6, 6.07) is 14.4. The van der Waals surface area contributed by atoms with E-state index in [4.69, 9.17) is 16.3 Å². The van der Waals surface area contributed by atoms with E-state index in [2.05, 4.69) is 5.32 Å². The van der Waals surface area contributed by atoms with Crippen molar-refractivity contribution in [1.29, 1.82) is 0 Å². The standard InChI is InChI=1S/C20H21ClN2O3/c1-14(17-8-2-3-9-18(17)21)22-19(24)13-26-16-7-4-6-15(12-16)23-11-5-10-20(23)25/h2-4,6-9,12,14H,5,10-11,13H2,1H3,(H,22,24). The highest BCUT2D eigenvalue weighted by Crippen LogP contribution is 2.25. The third-order valence-corrected chi connectivity index (χ3v) is 4.67. The van der Waals surface area contributed by atoms with Gasteiger partial charge >= 0.3 is 0 Å². The molecule has 0 aliphatic carbocycles. The summed E-state index contributed by atoms with van der Waals surface area (Å²) in [6.45, 7) is 2.49. The number of halogens is 1. The molecule has 0 radical (unpaired) electrons. The predicted octanol–water partition coefficient (Wildman–Crippen LogP) is 3.72. The average Bonchev–Trinajstić information content (AvgIpc) is 3.06. The number of anilines is 1. The first kappa shape index (κ1) is 18.3. The molecule has 1 saturated heterocycles. The van der Waals surface area contributed by atoms with Crippen LogP contribution < -0.4 is 15.0 Å². The molecule has 0 saturated carbocycles. The van der Waals surface area contributed by atoms with Crippen molar-refractivity contribution in [3.63, 3.8) is 0 Å². The van der Waals surface area contributed by atoms with Gasteiger partial charge in [-0.1, -0.05) is 35.9 Å². The summed E-state index contributed by atoms with van der Waals surface area (Å²) < 4.78 is 5.59. The molecule has 2 aromatic rings. The van der Waals surface area contributed by atoms with Gasteiger partial charge < -0.3 is 15.0 Å². The molecular weight excluding hydrogens is 352 g/mol. The van der Waals surface area contributed by atoms with E-state index in [-0.39, 0.29) is 24.5 Å². The Hall–Kier alpha value is -2.53. The topological polar surface area (TPSA) is 58.6 Å². The third kappa shape index (κ3) is 4.35. The number of nitrogens with one attached hydrogen (secondary N) is 1. The van der Waals surface area contributed by atoms with Crippen molar-refractivity contribution in [3.8, 4) is 5.75 Å². The highest BCUT2D eigenvalue weighted by molar-refractivity contribution is 6.31. The van der Waals surface area contributed by atoms with Gasteiger partial charge in [0, 0.05) is 29.7 Å². The van der Waals surface area contributed by atoms with Crippen LogP contribution in [0.25, 0.3) is 0 Å². The highest BCUT2D eigenvalue weighted by atomic mass is 35.5. The van der Waals surface area contributed by atoms with E-state index in [9.17, 15) is 9.59 Å². The van der Waals surface area contributed by atoms with Gasteiger partial charge in [0.05, 0.1) is 6.04 Å². The highest BCUT2D eigenvalue weighted by Gasteiger charge is 2.22. The van der Waals surface area contributed by atoms with Crippen molar-refractivity contribution in [2.24, 2.45) is 0 Å². The zero-order chi connectivity index (χ0) is 18.5. The molecule has 5 nitrogen and oxygen atoms in total. The summed E-state index contributed by atoms with van der Waals surface area (Å²) in [6.07, 6.45) is 1.44. The SMILES string of the molecule is CC(NC(=O)COc1cccc(N2CCCC2=O)c1)c1ccccc1Cl. The van der Waals surface area contributed by atoms with Crippen molar-refractivity contribution in [2.75, 3.05) is 18.1 Å². The van der Waals surface area contributed by atoms with E-state index in [0.717, 1.165) is 24.2 Å². The van der Waals surface area contributed by atoms with Crippen molar-refractivity contribution in [2.45, 2.75) is 25.8 Å². The fourth-order valence-corrected chi connectivity index (χ4v) is 3.30. The first-order valence-corrected chi connectivity index (χ1v) is 8.99. The van der Waals surface area contributed by atoms with E-state index in [1.807, 2.05) is 37.3 Å². The average molecular weight is 373 g/mol. The van der Waals surface area contributed by atoms with E-state index < -0.39 is 0 Å². The van der Waals surface area contributed by atoms with E-state index in [1.54, 1.807) is 23.1 Å². The first-order valence-electron chi connectivity index (χ1n) is 8.61. The Morgan fingerprint density at radius 1 is 1.27 bits per heavy atom. The Bertz CT molecular complexity index is 809. The van der Waals surface area contributed by atoms with Crippen molar-refractivity contribution in [3.05, 3.63) is 59.1 Å². The van der Waals surface area contributed by atoms with Crippen LogP contribution in [0.4, 0.5) is 5.69 Å². The Labute approximate surface area is 157 Å². The second-order valence-corrected chi connectivity index (χ2v) is 6.65. The van der Waals surface area contributed by atoms with Crippen molar-refractivity contribution in [1.82, 2.24) is 5.32 Å². The zero-order valence-electron chi connectivity index (χ0n) is 14.6. The van der Waals surface area contributed by atoms with Gasteiger partial charge in [0.2, 0.25) is 5.91 Å². The molecule has 1 unspecified atom stereocenters. The predicted molar refractivity (Wildman–Crippen MR) is 102 cm³/mol. The molecule has 1 atom stereocenters. The van der Waals surface area contributed by atoms with Crippen LogP contribution in [0.15, 0.2) is 48.5 Å². The number of rotatable bonds is 6. The maximum Gasteiger partial charge on any atom is 0.258 e. The summed E-state index contributed by atoms with van der Waals surface area (Å²) in [5.41, 5.74) is 1.66. The number of nitrogens with zero attached hydrogens (tertiary/aromatic N) is 1. The maximum atomic E-state index is 12.2. The fourth-order valence-electron chi connectivity index (χ4n) is 3.00. The molecule has 1 N–H and O–H groups in total. The molecule has 1 aliphatic rings. The molecule has 1 fully saturated rings. The molecule has 1 aliphatic heterocycles.